The van der Waals surface area contributed by atoms with Gasteiger partial charge in [0.15, 0.2) is 5.78 Å². The van der Waals surface area contributed by atoms with Crippen LogP contribution in [0.4, 0.5) is 0 Å². The van der Waals surface area contributed by atoms with Gasteiger partial charge in [0.25, 0.3) is 11.8 Å². The lowest BCUT2D eigenvalue weighted by Gasteiger charge is -2.29. The van der Waals surface area contributed by atoms with Crippen LogP contribution in [0.2, 0.25) is 0 Å². The number of fused-ring (bicyclic) bond motifs is 2. The second-order valence-corrected chi connectivity index (χ2v) is 9.87. The minimum Gasteiger partial charge on any atom is -0.339 e. The highest BCUT2D eigenvalue weighted by molar-refractivity contribution is 6.03. The molecule has 2 aliphatic heterocycles. The Labute approximate surface area is 214 Å². The van der Waals surface area contributed by atoms with Crippen LogP contribution in [0.15, 0.2) is 55.0 Å². The van der Waals surface area contributed by atoms with Gasteiger partial charge in [-0.3, -0.25) is 29.1 Å². The van der Waals surface area contributed by atoms with E-state index in [1.165, 1.54) is 22.2 Å². The quantitative estimate of drug-likeness (QED) is 0.548. The average molecular weight is 501 g/mol. The lowest BCUT2D eigenvalue weighted by molar-refractivity contribution is -0.138. The number of carbonyl (C=O) groups is 4. The van der Waals surface area contributed by atoms with Crippen molar-refractivity contribution in [2.75, 3.05) is 13.1 Å². The van der Waals surface area contributed by atoms with Gasteiger partial charge in [-0.15, -0.1) is 0 Å². The molecule has 0 saturated carbocycles. The predicted molar refractivity (Wildman–Crippen MR) is 134 cm³/mol. The molecule has 0 radical (unpaired) electrons. The molecule has 1 unspecified atom stereocenters. The van der Waals surface area contributed by atoms with E-state index in [9.17, 15) is 19.2 Å². The molecule has 2 fully saturated rings. The van der Waals surface area contributed by atoms with E-state index in [1.54, 1.807) is 30.5 Å². The second kappa shape index (κ2) is 10.0. The number of nitrogens with one attached hydrogen (secondary N) is 1. The first-order chi connectivity index (χ1) is 17.8. The van der Waals surface area contributed by atoms with E-state index < -0.39 is 24.0 Å². The summed E-state index contributed by atoms with van der Waals surface area (Å²) in [6, 6.07) is 8.61. The smallest absolute Gasteiger partial charge is 0.272 e. The van der Waals surface area contributed by atoms with E-state index in [2.05, 4.69) is 20.3 Å². The van der Waals surface area contributed by atoms with Crippen molar-refractivity contribution < 1.29 is 19.2 Å². The number of rotatable bonds is 6. The number of ketones is 1. The number of aromatic nitrogens is 3. The van der Waals surface area contributed by atoms with Gasteiger partial charge in [0.05, 0.1) is 35.4 Å². The normalized spacial score (nSPS) is 19.8. The molecular formula is C27H28N6O4. The zero-order valence-electron chi connectivity index (χ0n) is 20.7. The van der Waals surface area contributed by atoms with Crippen molar-refractivity contribution in [2.45, 2.75) is 44.8 Å². The molecule has 10 heteroatoms. The van der Waals surface area contributed by atoms with E-state index in [0.717, 1.165) is 0 Å². The number of nitrogens with zero attached hydrogens (tertiary/aromatic N) is 5. The highest BCUT2D eigenvalue weighted by Gasteiger charge is 2.52. The summed E-state index contributed by atoms with van der Waals surface area (Å²) in [4.78, 5) is 68.6. The van der Waals surface area contributed by atoms with Gasteiger partial charge >= 0.3 is 0 Å². The Bertz CT molecular complexity index is 1360. The maximum atomic E-state index is 13.7. The maximum Gasteiger partial charge on any atom is 0.272 e. The molecule has 4 heterocycles. The van der Waals surface area contributed by atoms with Crippen LogP contribution >= 0.6 is 0 Å². The fourth-order valence-corrected chi connectivity index (χ4v) is 5.19. The summed E-state index contributed by atoms with van der Waals surface area (Å²) in [6.07, 6.45) is 5.33. The molecule has 2 aliphatic rings. The van der Waals surface area contributed by atoms with E-state index >= 15 is 0 Å². The van der Waals surface area contributed by atoms with Crippen molar-refractivity contribution in [3.63, 3.8) is 0 Å². The SMILES string of the molecule is CC(C)CC(NC(=O)c1cnc2ccccc2n1)C(=O)N1CC[C@@H]2[C@H]1C(=O)CN2C(=O)c1cccnc1. The summed E-state index contributed by atoms with van der Waals surface area (Å²) in [5.41, 5.74) is 1.77. The zero-order valence-corrected chi connectivity index (χ0v) is 20.7. The molecule has 3 aromatic rings. The Morgan fingerprint density at radius 2 is 1.84 bits per heavy atom. The standard InChI is InChI=1S/C27H28N6O4/c1-16(2)12-20(31-25(35)21-14-29-18-7-3-4-8-19(18)30-21)27(37)32-11-9-22-24(32)23(34)15-33(22)26(36)17-6-5-10-28-13-17/h3-8,10,13-14,16,20,22,24H,9,11-12,15H2,1-2H3,(H,31,35)/t20?,22-,24+/m1/s1. The topological polar surface area (TPSA) is 125 Å². The van der Waals surface area contributed by atoms with E-state index in [0.29, 0.717) is 36.0 Å². The third-order valence-electron chi connectivity index (χ3n) is 6.87. The van der Waals surface area contributed by atoms with Gasteiger partial charge in [-0.1, -0.05) is 26.0 Å². The Morgan fingerprint density at radius 1 is 1.05 bits per heavy atom. The number of hydrogen-bond acceptors (Lipinski definition) is 7. The second-order valence-electron chi connectivity index (χ2n) is 9.87. The number of benzene rings is 1. The van der Waals surface area contributed by atoms with Crippen LogP contribution in [-0.4, -0.2) is 79.5 Å². The fraction of sp³-hybridized carbons (Fsp3) is 0.370. The Balaban J connectivity index is 1.34. The van der Waals surface area contributed by atoms with Crippen LogP contribution in [0, 0.1) is 5.92 Å². The predicted octanol–water partition coefficient (Wildman–Crippen LogP) is 1.86. The van der Waals surface area contributed by atoms with Crippen molar-refractivity contribution in [1.82, 2.24) is 30.1 Å². The summed E-state index contributed by atoms with van der Waals surface area (Å²) in [5.74, 6) is -1.17. The van der Waals surface area contributed by atoms with Gasteiger partial charge < -0.3 is 15.1 Å². The number of carbonyl (C=O) groups excluding carboxylic acids is 4. The number of likely N-dealkylation sites (tertiary alicyclic amines) is 2. The summed E-state index contributed by atoms with van der Waals surface area (Å²) < 4.78 is 0. The van der Waals surface area contributed by atoms with Crippen molar-refractivity contribution in [1.29, 1.82) is 0 Å². The van der Waals surface area contributed by atoms with Crippen LogP contribution < -0.4 is 5.32 Å². The molecule has 3 atom stereocenters. The maximum absolute atomic E-state index is 13.7. The van der Waals surface area contributed by atoms with E-state index in [4.69, 9.17) is 0 Å². The monoisotopic (exact) mass is 500 g/mol. The first-order valence-corrected chi connectivity index (χ1v) is 12.4. The molecule has 3 amide bonds. The number of pyridine rings is 1. The summed E-state index contributed by atoms with van der Waals surface area (Å²) >= 11 is 0. The summed E-state index contributed by atoms with van der Waals surface area (Å²) in [7, 11) is 0. The lowest BCUT2D eigenvalue weighted by Crippen LogP contribution is -2.53. The largest absolute Gasteiger partial charge is 0.339 e. The van der Waals surface area contributed by atoms with Gasteiger partial charge in [-0.2, -0.15) is 0 Å². The van der Waals surface area contributed by atoms with Crippen molar-refractivity contribution >= 4 is 34.5 Å². The van der Waals surface area contributed by atoms with Crippen molar-refractivity contribution in [3.8, 4) is 0 Å². The highest BCUT2D eigenvalue weighted by Crippen LogP contribution is 2.31. The first kappa shape index (κ1) is 24.5. The molecule has 2 saturated heterocycles. The molecule has 190 valence electrons. The molecule has 2 aromatic heterocycles. The first-order valence-electron chi connectivity index (χ1n) is 12.4. The van der Waals surface area contributed by atoms with Gasteiger partial charge in [0.1, 0.15) is 17.8 Å². The molecule has 0 spiro atoms. The van der Waals surface area contributed by atoms with Crippen molar-refractivity contribution in [2.24, 2.45) is 5.92 Å². The molecule has 1 aromatic carbocycles. The number of hydrogen-bond donors (Lipinski definition) is 1. The van der Waals surface area contributed by atoms with Gasteiger partial charge in [-0.05, 0) is 43.0 Å². The number of para-hydroxylation sites is 2. The lowest BCUT2D eigenvalue weighted by atomic mass is 10.0. The Hall–Kier alpha value is -4.21. The van der Waals surface area contributed by atoms with Crippen LogP contribution in [0.5, 0.6) is 0 Å². The van der Waals surface area contributed by atoms with Crippen LogP contribution in [0.25, 0.3) is 11.0 Å². The third kappa shape index (κ3) is 4.78. The van der Waals surface area contributed by atoms with Crippen LogP contribution in [0.3, 0.4) is 0 Å². The van der Waals surface area contributed by atoms with Gasteiger partial charge in [0, 0.05) is 18.9 Å². The number of Topliss-reactive ketones (excluding diaryl/α,β-unsaturated/α-hetero) is 1. The van der Waals surface area contributed by atoms with Crippen molar-refractivity contribution in [3.05, 3.63) is 66.2 Å². The molecule has 0 aliphatic carbocycles. The Morgan fingerprint density at radius 3 is 2.57 bits per heavy atom. The molecule has 37 heavy (non-hydrogen) atoms. The highest BCUT2D eigenvalue weighted by atomic mass is 16.2. The molecular weight excluding hydrogens is 472 g/mol. The van der Waals surface area contributed by atoms with Gasteiger partial charge in [-0.25, -0.2) is 4.98 Å². The fourth-order valence-electron chi connectivity index (χ4n) is 5.19. The molecule has 5 rings (SSSR count). The molecule has 1 N–H and O–H groups in total. The third-order valence-corrected chi connectivity index (χ3v) is 6.87. The minimum atomic E-state index is -0.838. The molecule has 0 bridgehead atoms. The minimum absolute atomic E-state index is 0.0548. The van der Waals surface area contributed by atoms with Crippen LogP contribution in [-0.2, 0) is 9.59 Å². The average Bonchev–Trinajstić information content (AvgIpc) is 3.48. The summed E-state index contributed by atoms with van der Waals surface area (Å²) in [6.45, 7) is 4.20. The number of amides is 3. The Kier molecular flexibility index (Phi) is 6.64. The zero-order chi connectivity index (χ0) is 26.1. The van der Waals surface area contributed by atoms with E-state index in [-0.39, 0.29) is 35.8 Å². The van der Waals surface area contributed by atoms with Crippen LogP contribution in [0.1, 0.15) is 47.5 Å². The van der Waals surface area contributed by atoms with Gasteiger partial charge in [0.2, 0.25) is 5.91 Å². The molecule has 10 nitrogen and oxygen atoms in total. The summed E-state index contributed by atoms with van der Waals surface area (Å²) in [5, 5.41) is 2.83. The van der Waals surface area contributed by atoms with E-state index in [1.807, 2.05) is 26.0 Å².